The van der Waals surface area contributed by atoms with Crippen molar-refractivity contribution < 1.29 is 9.53 Å². The van der Waals surface area contributed by atoms with Crippen LogP contribution in [0.4, 0.5) is 0 Å². The number of hydrogen-bond donors (Lipinski definition) is 1. The van der Waals surface area contributed by atoms with Gasteiger partial charge in [0.2, 0.25) is 0 Å². The third kappa shape index (κ3) is 4.56. The highest BCUT2D eigenvalue weighted by Gasteiger charge is 2.07. The normalized spacial score (nSPS) is 11.0. The van der Waals surface area contributed by atoms with E-state index in [-0.39, 0.29) is 5.91 Å². The third-order valence-electron chi connectivity index (χ3n) is 3.24. The number of rotatable bonds is 8. The molecule has 1 amide bonds. The molecule has 0 radical (unpaired) electrons. The number of pyridine rings is 1. The lowest BCUT2D eigenvalue weighted by molar-refractivity contribution is 0.0940. The van der Waals surface area contributed by atoms with Gasteiger partial charge in [0.1, 0.15) is 5.65 Å². The Morgan fingerprint density at radius 2 is 2.19 bits per heavy atom. The van der Waals surface area contributed by atoms with Crippen LogP contribution in [0.1, 0.15) is 42.2 Å². The number of amides is 1. The van der Waals surface area contributed by atoms with Crippen molar-refractivity contribution in [1.29, 1.82) is 0 Å². The highest BCUT2D eigenvalue weighted by Crippen LogP contribution is 2.07. The van der Waals surface area contributed by atoms with Gasteiger partial charge < -0.3 is 14.5 Å². The molecule has 0 aliphatic heterocycles. The number of nitrogens with one attached hydrogen (secondary N) is 1. The van der Waals surface area contributed by atoms with Gasteiger partial charge in [-0.25, -0.2) is 4.98 Å². The van der Waals surface area contributed by atoms with E-state index in [1.807, 2.05) is 23.7 Å². The minimum Gasteiger partial charge on any atom is -0.381 e. The molecule has 5 nitrogen and oxygen atoms in total. The predicted octanol–water partition coefficient (Wildman–Crippen LogP) is 2.58. The maximum atomic E-state index is 12.0. The number of aromatic nitrogens is 2. The molecule has 0 unspecified atom stereocenters. The largest absolute Gasteiger partial charge is 0.381 e. The van der Waals surface area contributed by atoms with Crippen molar-refractivity contribution in [2.45, 2.75) is 33.1 Å². The summed E-state index contributed by atoms with van der Waals surface area (Å²) in [5.41, 5.74) is 2.37. The number of aryl methyl sites for hydroxylation is 1. The van der Waals surface area contributed by atoms with E-state index in [0.29, 0.717) is 18.7 Å². The van der Waals surface area contributed by atoms with Gasteiger partial charge in [-0.15, -0.1) is 0 Å². The molecule has 2 rings (SSSR count). The summed E-state index contributed by atoms with van der Waals surface area (Å²) in [5, 5.41) is 2.91. The summed E-state index contributed by atoms with van der Waals surface area (Å²) in [7, 11) is 0. The lowest BCUT2D eigenvalue weighted by Gasteiger charge is -2.06. The molecule has 0 fully saturated rings. The van der Waals surface area contributed by atoms with Crippen molar-refractivity contribution in [3.05, 3.63) is 35.8 Å². The van der Waals surface area contributed by atoms with Crippen LogP contribution in [-0.4, -0.2) is 35.1 Å². The van der Waals surface area contributed by atoms with Gasteiger partial charge in [0, 0.05) is 37.7 Å². The molecule has 0 saturated carbocycles. The number of carbonyl (C=O) groups is 1. The molecule has 21 heavy (non-hydrogen) atoms. The van der Waals surface area contributed by atoms with Crippen LogP contribution in [0, 0.1) is 6.92 Å². The molecular weight excluding hydrogens is 266 g/mol. The van der Waals surface area contributed by atoms with Crippen molar-refractivity contribution in [3.63, 3.8) is 0 Å². The van der Waals surface area contributed by atoms with Crippen LogP contribution in [-0.2, 0) is 4.74 Å². The van der Waals surface area contributed by atoms with Crippen molar-refractivity contribution in [2.75, 3.05) is 19.8 Å². The smallest absolute Gasteiger partial charge is 0.251 e. The topological polar surface area (TPSA) is 55.6 Å². The lowest BCUT2D eigenvalue weighted by atomic mass is 10.2. The van der Waals surface area contributed by atoms with Gasteiger partial charge in [0.25, 0.3) is 5.91 Å². The first-order valence-corrected chi connectivity index (χ1v) is 7.52. The van der Waals surface area contributed by atoms with Crippen LogP contribution in [0.15, 0.2) is 24.5 Å². The highest BCUT2D eigenvalue weighted by molar-refractivity contribution is 5.94. The van der Waals surface area contributed by atoms with Crippen LogP contribution in [0.2, 0.25) is 0 Å². The fourth-order valence-corrected chi connectivity index (χ4v) is 2.08. The molecule has 1 N–H and O–H groups in total. The van der Waals surface area contributed by atoms with E-state index in [4.69, 9.17) is 4.74 Å². The van der Waals surface area contributed by atoms with E-state index < -0.39 is 0 Å². The zero-order chi connectivity index (χ0) is 15.1. The van der Waals surface area contributed by atoms with E-state index in [1.54, 1.807) is 12.1 Å². The average Bonchev–Trinajstić information content (AvgIpc) is 2.85. The van der Waals surface area contributed by atoms with Gasteiger partial charge in [-0.3, -0.25) is 4.79 Å². The molecule has 0 aromatic carbocycles. The molecule has 0 bridgehead atoms. The zero-order valence-electron chi connectivity index (χ0n) is 12.8. The molecule has 2 aromatic rings. The van der Waals surface area contributed by atoms with Crippen molar-refractivity contribution >= 4 is 11.6 Å². The molecule has 2 aromatic heterocycles. The maximum absolute atomic E-state index is 12.0. The summed E-state index contributed by atoms with van der Waals surface area (Å²) in [6.07, 6.45) is 6.87. The van der Waals surface area contributed by atoms with E-state index in [9.17, 15) is 4.79 Å². The summed E-state index contributed by atoms with van der Waals surface area (Å²) < 4.78 is 7.37. The molecule has 114 valence electrons. The van der Waals surface area contributed by atoms with Gasteiger partial charge in [-0.2, -0.15) is 0 Å². The minimum absolute atomic E-state index is 0.0632. The van der Waals surface area contributed by atoms with Crippen molar-refractivity contribution in [1.82, 2.24) is 14.7 Å². The number of imidazole rings is 1. The number of nitrogens with zero attached hydrogens (tertiary/aromatic N) is 2. The molecular formula is C16H23N3O2. The minimum atomic E-state index is -0.0632. The highest BCUT2D eigenvalue weighted by atomic mass is 16.5. The van der Waals surface area contributed by atoms with Gasteiger partial charge in [-0.05, 0) is 31.9 Å². The summed E-state index contributed by atoms with van der Waals surface area (Å²) in [5.74, 6) is -0.0632. The Balaban J connectivity index is 1.76. The summed E-state index contributed by atoms with van der Waals surface area (Å²) in [6.45, 7) is 6.20. The Morgan fingerprint density at radius 3 is 3.00 bits per heavy atom. The quantitative estimate of drug-likeness (QED) is 0.760. The third-order valence-corrected chi connectivity index (χ3v) is 3.24. The molecule has 0 saturated heterocycles. The molecule has 0 aliphatic carbocycles. The fraction of sp³-hybridized carbons (Fsp3) is 0.500. The zero-order valence-corrected chi connectivity index (χ0v) is 12.8. The molecule has 5 heteroatoms. The Bertz CT molecular complexity index is 592. The number of hydrogen-bond acceptors (Lipinski definition) is 3. The van der Waals surface area contributed by atoms with Gasteiger partial charge in [0.05, 0.1) is 5.69 Å². The Labute approximate surface area is 125 Å². The summed E-state index contributed by atoms with van der Waals surface area (Å²) >= 11 is 0. The standard InChI is InChI=1S/C16H23N3O2/c1-3-4-9-21-10-5-7-17-16(20)14-6-8-19-12-13(2)18-15(19)11-14/h6,8,11-12H,3-5,7,9-10H2,1-2H3,(H,17,20). The predicted molar refractivity (Wildman–Crippen MR) is 82.6 cm³/mol. The SMILES string of the molecule is CCCCOCCCNC(=O)c1ccn2cc(C)nc2c1. The first-order valence-electron chi connectivity index (χ1n) is 7.52. The first kappa shape index (κ1) is 15.5. The van der Waals surface area contributed by atoms with Gasteiger partial charge in [0.15, 0.2) is 0 Å². The van der Waals surface area contributed by atoms with Crippen molar-refractivity contribution in [3.8, 4) is 0 Å². The van der Waals surface area contributed by atoms with E-state index in [2.05, 4.69) is 17.2 Å². The van der Waals surface area contributed by atoms with Crippen molar-refractivity contribution in [2.24, 2.45) is 0 Å². The first-order chi connectivity index (χ1) is 10.2. The summed E-state index contributed by atoms with van der Waals surface area (Å²) in [4.78, 5) is 16.4. The Hall–Kier alpha value is -1.88. The lowest BCUT2D eigenvalue weighted by Crippen LogP contribution is -2.25. The Kier molecular flexibility index (Phi) is 5.75. The van der Waals surface area contributed by atoms with Crippen LogP contribution < -0.4 is 5.32 Å². The van der Waals surface area contributed by atoms with E-state index in [0.717, 1.165) is 37.2 Å². The molecule has 0 atom stereocenters. The number of ether oxygens (including phenoxy) is 1. The molecule has 0 spiro atoms. The number of carbonyl (C=O) groups excluding carboxylic acids is 1. The Morgan fingerprint density at radius 1 is 1.38 bits per heavy atom. The van der Waals surface area contributed by atoms with E-state index >= 15 is 0 Å². The molecule has 2 heterocycles. The second-order valence-electron chi connectivity index (χ2n) is 5.14. The second kappa shape index (κ2) is 7.78. The van der Waals surface area contributed by atoms with Crippen LogP contribution >= 0.6 is 0 Å². The van der Waals surface area contributed by atoms with E-state index in [1.165, 1.54) is 0 Å². The maximum Gasteiger partial charge on any atom is 0.251 e. The molecule has 0 aliphatic rings. The monoisotopic (exact) mass is 289 g/mol. The van der Waals surface area contributed by atoms with Gasteiger partial charge in [-0.1, -0.05) is 13.3 Å². The van der Waals surface area contributed by atoms with Gasteiger partial charge >= 0.3 is 0 Å². The fourth-order valence-electron chi connectivity index (χ4n) is 2.08. The number of unbranched alkanes of at least 4 members (excludes halogenated alkanes) is 1. The number of fused-ring (bicyclic) bond motifs is 1. The van der Waals surface area contributed by atoms with Crippen LogP contribution in [0.3, 0.4) is 0 Å². The second-order valence-corrected chi connectivity index (χ2v) is 5.14. The van der Waals surface area contributed by atoms with Crippen LogP contribution in [0.25, 0.3) is 5.65 Å². The summed E-state index contributed by atoms with van der Waals surface area (Å²) in [6, 6.07) is 3.61. The van der Waals surface area contributed by atoms with Crippen LogP contribution in [0.5, 0.6) is 0 Å². The average molecular weight is 289 g/mol.